The zero-order chi connectivity index (χ0) is 19.6. The van der Waals surface area contributed by atoms with Crippen LogP contribution in [-0.2, 0) is 9.53 Å². The normalized spacial score (nSPS) is 13.4. The first-order valence-electron chi connectivity index (χ1n) is 7.96. The van der Waals surface area contributed by atoms with Crippen molar-refractivity contribution in [3.63, 3.8) is 0 Å². The maximum Gasteiger partial charge on any atom is 0.339 e. The molecule has 0 N–H and O–H groups in total. The average molecular weight is 371 g/mol. The van der Waals surface area contributed by atoms with Crippen LogP contribution in [0.2, 0.25) is 0 Å². The number of rotatable bonds is 6. The molecular weight excluding hydrogens is 354 g/mol. The van der Waals surface area contributed by atoms with Gasteiger partial charge in [-0.05, 0) is 23.8 Å². The highest BCUT2D eigenvalue weighted by atomic mass is 16.6. The van der Waals surface area contributed by atoms with Crippen LogP contribution in [-0.4, -0.2) is 38.8 Å². The van der Waals surface area contributed by atoms with Crippen molar-refractivity contribution in [3.05, 3.63) is 57.6 Å². The molecule has 0 atom stereocenters. The van der Waals surface area contributed by atoms with Gasteiger partial charge in [0.1, 0.15) is 6.61 Å². The molecule has 27 heavy (non-hydrogen) atoms. The minimum atomic E-state index is -0.618. The van der Waals surface area contributed by atoms with E-state index in [0.717, 1.165) is 0 Å². The molecule has 0 saturated heterocycles. The molecule has 8 nitrogen and oxygen atoms in total. The van der Waals surface area contributed by atoms with E-state index in [4.69, 9.17) is 18.9 Å². The zero-order valence-electron chi connectivity index (χ0n) is 15.0. The number of methoxy groups -OCH3 is 3. The lowest BCUT2D eigenvalue weighted by atomic mass is 9.95. The number of nitro groups is 1. The standard InChI is InChI=1S/C19H17NO7/c1-24-15-8-11(9-16(25-2)18(15)26-3)13-10-27-19(21)17(13)12-6-4-5-7-14(12)20(22)23/h4-9H,10H2,1-3H3. The molecule has 0 spiro atoms. The molecule has 0 bridgehead atoms. The van der Waals surface area contributed by atoms with Crippen LogP contribution in [0.15, 0.2) is 36.4 Å². The Bertz CT molecular complexity index is 924. The van der Waals surface area contributed by atoms with Crippen LogP contribution in [0.4, 0.5) is 5.69 Å². The maximum atomic E-state index is 12.4. The van der Waals surface area contributed by atoms with Crippen molar-refractivity contribution in [2.75, 3.05) is 27.9 Å². The summed E-state index contributed by atoms with van der Waals surface area (Å²) in [4.78, 5) is 23.2. The van der Waals surface area contributed by atoms with Gasteiger partial charge in [0.05, 0.1) is 37.4 Å². The molecule has 0 aromatic heterocycles. The van der Waals surface area contributed by atoms with Crippen molar-refractivity contribution in [1.82, 2.24) is 0 Å². The van der Waals surface area contributed by atoms with E-state index in [1.807, 2.05) is 0 Å². The smallest absolute Gasteiger partial charge is 0.339 e. The van der Waals surface area contributed by atoms with E-state index in [0.29, 0.717) is 28.4 Å². The van der Waals surface area contributed by atoms with Crippen molar-refractivity contribution < 1.29 is 28.7 Å². The van der Waals surface area contributed by atoms with E-state index < -0.39 is 10.9 Å². The second-order valence-electron chi connectivity index (χ2n) is 5.62. The highest BCUT2D eigenvalue weighted by Crippen LogP contribution is 2.43. The van der Waals surface area contributed by atoms with Crippen molar-refractivity contribution in [2.45, 2.75) is 0 Å². The highest BCUT2D eigenvalue weighted by molar-refractivity contribution is 6.28. The number of nitro benzene ring substituents is 1. The predicted octanol–water partition coefficient (Wildman–Crippen LogP) is 3.09. The van der Waals surface area contributed by atoms with E-state index >= 15 is 0 Å². The Balaban J connectivity index is 2.26. The minimum absolute atomic E-state index is 0.0150. The molecular formula is C19H17NO7. The Morgan fingerprint density at radius 2 is 1.67 bits per heavy atom. The summed E-state index contributed by atoms with van der Waals surface area (Å²) in [5.74, 6) is 0.594. The highest BCUT2D eigenvalue weighted by Gasteiger charge is 2.32. The van der Waals surface area contributed by atoms with E-state index in [1.54, 1.807) is 24.3 Å². The predicted molar refractivity (Wildman–Crippen MR) is 97.0 cm³/mol. The maximum absolute atomic E-state index is 12.4. The summed E-state index contributed by atoms with van der Waals surface area (Å²) in [6, 6.07) is 9.40. The number of ether oxygens (including phenoxy) is 4. The van der Waals surface area contributed by atoms with Crippen LogP contribution in [0.25, 0.3) is 11.1 Å². The number of cyclic esters (lactones) is 1. The van der Waals surface area contributed by atoms with Gasteiger partial charge in [-0.15, -0.1) is 0 Å². The van der Waals surface area contributed by atoms with Crippen LogP contribution < -0.4 is 14.2 Å². The molecule has 8 heteroatoms. The number of benzene rings is 2. The fourth-order valence-corrected chi connectivity index (χ4v) is 3.01. The lowest BCUT2D eigenvalue weighted by molar-refractivity contribution is -0.385. The van der Waals surface area contributed by atoms with Gasteiger partial charge < -0.3 is 18.9 Å². The first-order valence-corrected chi connectivity index (χ1v) is 7.96. The van der Waals surface area contributed by atoms with Crippen LogP contribution in [0.1, 0.15) is 11.1 Å². The molecule has 3 rings (SSSR count). The van der Waals surface area contributed by atoms with Crippen molar-refractivity contribution >= 4 is 22.8 Å². The van der Waals surface area contributed by atoms with Gasteiger partial charge in [0.2, 0.25) is 5.75 Å². The lowest BCUT2D eigenvalue weighted by Gasteiger charge is -2.14. The van der Waals surface area contributed by atoms with Gasteiger partial charge in [0.15, 0.2) is 11.5 Å². The Morgan fingerprint density at radius 3 is 2.22 bits per heavy atom. The number of para-hydroxylation sites is 1. The quantitative estimate of drug-likeness (QED) is 0.437. The average Bonchev–Trinajstić information content (AvgIpc) is 3.07. The number of hydrogen-bond acceptors (Lipinski definition) is 7. The van der Waals surface area contributed by atoms with Crippen molar-refractivity contribution in [3.8, 4) is 17.2 Å². The lowest BCUT2D eigenvalue weighted by Crippen LogP contribution is -2.02. The van der Waals surface area contributed by atoms with E-state index in [-0.39, 0.29) is 23.4 Å². The molecule has 1 heterocycles. The number of esters is 1. The van der Waals surface area contributed by atoms with Crippen molar-refractivity contribution in [2.24, 2.45) is 0 Å². The molecule has 0 aliphatic carbocycles. The molecule has 1 aliphatic rings. The second-order valence-corrected chi connectivity index (χ2v) is 5.62. The monoisotopic (exact) mass is 371 g/mol. The van der Waals surface area contributed by atoms with Gasteiger partial charge in [-0.1, -0.05) is 12.1 Å². The number of nitrogens with zero attached hydrogens (tertiary/aromatic N) is 1. The molecule has 2 aromatic rings. The Kier molecular flexibility index (Phi) is 4.98. The Hall–Kier alpha value is -3.55. The van der Waals surface area contributed by atoms with Gasteiger partial charge in [0.25, 0.3) is 5.69 Å². The number of carbonyl (C=O) groups excluding carboxylic acids is 1. The van der Waals surface area contributed by atoms with E-state index in [2.05, 4.69) is 0 Å². The topological polar surface area (TPSA) is 97.1 Å². The summed E-state index contributed by atoms with van der Waals surface area (Å²) >= 11 is 0. The van der Waals surface area contributed by atoms with E-state index in [9.17, 15) is 14.9 Å². The summed E-state index contributed by atoms with van der Waals surface area (Å²) in [6.45, 7) is -0.0150. The summed E-state index contributed by atoms with van der Waals surface area (Å²) < 4.78 is 21.2. The van der Waals surface area contributed by atoms with Gasteiger partial charge in [-0.25, -0.2) is 4.79 Å². The van der Waals surface area contributed by atoms with Crippen LogP contribution in [0, 0.1) is 10.1 Å². The third kappa shape index (κ3) is 3.17. The summed E-state index contributed by atoms with van der Waals surface area (Å²) in [5, 5.41) is 11.4. The van der Waals surface area contributed by atoms with E-state index in [1.165, 1.54) is 33.5 Å². The number of hydrogen-bond donors (Lipinski definition) is 0. The number of carbonyl (C=O) groups is 1. The fourth-order valence-electron chi connectivity index (χ4n) is 3.01. The largest absolute Gasteiger partial charge is 0.493 e. The van der Waals surface area contributed by atoms with Gasteiger partial charge in [-0.3, -0.25) is 10.1 Å². The molecule has 0 unspecified atom stereocenters. The van der Waals surface area contributed by atoms with Crippen LogP contribution in [0.3, 0.4) is 0 Å². The molecule has 0 fully saturated rings. The third-order valence-electron chi connectivity index (χ3n) is 4.24. The molecule has 0 radical (unpaired) electrons. The molecule has 0 amide bonds. The van der Waals surface area contributed by atoms with Crippen LogP contribution >= 0.6 is 0 Å². The molecule has 140 valence electrons. The second kappa shape index (κ2) is 7.36. The van der Waals surface area contributed by atoms with Crippen LogP contribution in [0.5, 0.6) is 17.2 Å². The van der Waals surface area contributed by atoms with Gasteiger partial charge >= 0.3 is 5.97 Å². The minimum Gasteiger partial charge on any atom is -0.493 e. The van der Waals surface area contributed by atoms with Crippen molar-refractivity contribution in [1.29, 1.82) is 0 Å². The first kappa shape index (κ1) is 18.2. The molecule has 1 aliphatic heterocycles. The van der Waals surface area contributed by atoms with Gasteiger partial charge in [-0.2, -0.15) is 0 Å². The summed E-state index contributed by atoms with van der Waals surface area (Å²) in [7, 11) is 4.45. The zero-order valence-corrected chi connectivity index (χ0v) is 15.0. The van der Waals surface area contributed by atoms with Gasteiger partial charge in [0, 0.05) is 11.6 Å². The third-order valence-corrected chi connectivity index (χ3v) is 4.24. The summed E-state index contributed by atoms with van der Waals surface area (Å²) in [5.41, 5.74) is 1.28. The molecule has 0 saturated carbocycles. The Morgan fingerprint density at radius 1 is 1.04 bits per heavy atom. The SMILES string of the molecule is COc1cc(C2=C(c3ccccc3[N+](=O)[O-])C(=O)OC2)cc(OC)c1OC. The fraction of sp³-hybridized carbons (Fsp3) is 0.211. The first-order chi connectivity index (χ1) is 13.0. The Labute approximate surface area is 155 Å². The summed E-state index contributed by atoms with van der Waals surface area (Å²) in [6.07, 6.45) is 0. The molecule has 2 aromatic carbocycles.